The van der Waals surface area contributed by atoms with E-state index in [0.717, 1.165) is 42.7 Å². The minimum Gasteiger partial charge on any atom is -0.410 e. The number of nitrogens with zero attached hydrogens (tertiary/aromatic N) is 4. The lowest BCUT2D eigenvalue weighted by atomic mass is 9.87. The summed E-state index contributed by atoms with van der Waals surface area (Å²) in [5.41, 5.74) is 5.61. The molecule has 2 heterocycles. The summed E-state index contributed by atoms with van der Waals surface area (Å²) in [6.07, 6.45) is 2.60. The summed E-state index contributed by atoms with van der Waals surface area (Å²) >= 11 is 0. The monoisotopic (exact) mass is 627 g/mol. The molecule has 12 heteroatoms. The number of aromatic nitrogens is 4. The molecule has 2 aliphatic carbocycles. The molecule has 0 saturated heterocycles. The number of imidazole rings is 1. The van der Waals surface area contributed by atoms with Crippen LogP contribution in [0.2, 0.25) is 51.4 Å². The Morgan fingerprint density at radius 1 is 1.09 bits per heavy atom. The number of ether oxygens (including phenoxy) is 3. The van der Waals surface area contributed by atoms with E-state index in [4.69, 9.17) is 24.3 Å². The number of hydrogen-bond donors (Lipinski definition) is 2. The Kier molecular flexibility index (Phi) is 8.98. The first-order chi connectivity index (χ1) is 20.2. The minimum atomic E-state index is -1.29. The van der Waals surface area contributed by atoms with Crippen molar-refractivity contribution in [3.8, 4) is 17.3 Å². The third-order valence-electron chi connectivity index (χ3n) is 8.86. The molecule has 2 atom stereocenters. The van der Waals surface area contributed by atoms with Gasteiger partial charge in [-0.05, 0) is 48.7 Å². The number of amides is 1. The van der Waals surface area contributed by atoms with Crippen LogP contribution in [0.25, 0.3) is 22.6 Å². The Labute approximate surface area is 257 Å². The number of aliphatic hydroxyl groups is 1. The molecular formula is C31H49N5O5Si2. The number of rotatable bonds is 13. The Hall–Kier alpha value is -2.52. The van der Waals surface area contributed by atoms with Gasteiger partial charge in [-0.15, -0.1) is 0 Å². The van der Waals surface area contributed by atoms with Crippen LogP contribution in [0.1, 0.15) is 30.2 Å². The van der Waals surface area contributed by atoms with E-state index in [2.05, 4.69) is 56.2 Å². The quantitative estimate of drug-likeness (QED) is 0.180. The normalized spacial score (nSPS) is 19.8. The van der Waals surface area contributed by atoms with Crippen LogP contribution in [0, 0.1) is 11.3 Å². The van der Waals surface area contributed by atoms with Crippen molar-refractivity contribution in [2.75, 3.05) is 20.3 Å². The van der Waals surface area contributed by atoms with Crippen molar-refractivity contribution in [1.82, 2.24) is 24.6 Å². The summed E-state index contributed by atoms with van der Waals surface area (Å²) < 4.78 is 22.0. The molecule has 10 nitrogen and oxygen atoms in total. The zero-order chi connectivity index (χ0) is 31.2. The fourth-order valence-electron chi connectivity index (χ4n) is 5.88. The smallest absolute Gasteiger partial charge is 0.410 e. The first-order valence-corrected chi connectivity index (χ1v) is 22.9. The van der Waals surface area contributed by atoms with Crippen molar-refractivity contribution < 1.29 is 24.1 Å². The molecule has 1 fully saturated rings. The van der Waals surface area contributed by atoms with Gasteiger partial charge in [0.2, 0.25) is 0 Å². The number of fused-ring (bicyclic) bond motifs is 3. The van der Waals surface area contributed by atoms with Crippen LogP contribution in [-0.2, 0) is 42.4 Å². The Bertz CT molecular complexity index is 1490. The van der Waals surface area contributed by atoms with E-state index in [-0.39, 0.29) is 13.3 Å². The Balaban J connectivity index is 1.57. The second-order valence-electron chi connectivity index (χ2n) is 15.0. The zero-order valence-electron chi connectivity index (χ0n) is 27.2. The van der Waals surface area contributed by atoms with Gasteiger partial charge in [0.1, 0.15) is 24.9 Å². The molecule has 236 valence electrons. The van der Waals surface area contributed by atoms with Gasteiger partial charge in [-0.3, -0.25) is 4.57 Å². The van der Waals surface area contributed by atoms with Crippen molar-refractivity contribution in [3.05, 3.63) is 29.0 Å². The van der Waals surface area contributed by atoms with Gasteiger partial charge in [0.15, 0.2) is 5.82 Å². The van der Waals surface area contributed by atoms with Gasteiger partial charge in [-0.1, -0.05) is 46.2 Å². The van der Waals surface area contributed by atoms with Gasteiger partial charge >= 0.3 is 6.09 Å². The highest BCUT2D eigenvalue weighted by molar-refractivity contribution is 6.76. The lowest BCUT2D eigenvalue weighted by molar-refractivity contribution is 0.0756. The number of benzene rings is 1. The first-order valence-electron chi connectivity index (χ1n) is 15.5. The van der Waals surface area contributed by atoms with E-state index in [1.165, 1.54) is 24.7 Å². The minimum absolute atomic E-state index is 0.244. The third kappa shape index (κ3) is 7.25. The predicted molar refractivity (Wildman–Crippen MR) is 174 cm³/mol. The molecule has 0 unspecified atom stereocenters. The molecule has 1 saturated carbocycles. The fraction of sp³-hybridized carbons (Fsp3) is 0.645. The second kappa shape index (κ2) is 12.1. The average molecular weight is 628 g/mol. The van der Waals surface area contributed by atoms with Gasteiger partial charge < -0.3 is 24.6 Å². The Morgan fingerprint density at radius 3 is 2.40 bits per heavy atom. The highest BCUT2D eigenvalue weighted by atomic mass is 28.3. The summed E-state index contributed by atoms with van der Waals surface area (Å²) in [7, 11) is -0.974. The number of nitrogens with one attached hydrogen (secondary N) is 1. The molecule has 2 N–H and O–H groups in total. The zero-order valence-corrected chi connectivity index (χ0v) is 29.2. The molecule has 0 aliphatic heterocycles. The van der Waals surface area contributed by atoms with Gasteiger partial charge in [0.05, 0.1) is 17.6 Å². The highest BCUT2D eigenvalue weighted by Gasteiger charge is 2.54. The van der Waals surface area contributed by atoms with E-state index in [1.54, 1.807) is 12.1 Å². The molecule has 3 aromatic rings. The van der Waals surface area contributed by atoms with Crippen LogP contribution < -0.4 is 10.1 Å². The van der Waals surface area contributed by atoms with E-state index in [1.807, 2.05) is 4.57 Å². The van der Waals surface area contributed by atoms with E-state index in [9.17, 15) is 9.90 Å². The summed E-state index contributed by atoms with van der Waals surface area (Å²) in [6, 6.07) is 5.61. The van der Waals surface area contributed by atoms with Gasteiger partial charge in [-0.25, -0.2) is 14.5 Å². The number of hydrogen-bond acceptors (Lipinski definition) is 7. The van der Waals surface area contributed by atoms with E-state index in [0.29, 0.717) is 47.3 Å². The largest absolute Gasteiger partial charge is 0.412 e. The molecule has 0 bridgehead atoms. The maximum Gasteiger partial charge on any atom is 0.412 e. The van der Waals surface area contributed by atoms with Gasteiger partial charge in [0.25, 0.3) is 0 Å². The third-order valence-corrected chi connectivity index (χ3v) is 12.3. The Morgan fingerprint density at radius 2 is 1.77 bits per heavy atom. The predicted octanol–water partition coefficient (Wildman–Crippen LogP) is 5.86. The van der Waals surface area contributed by atoms with Crippen LogP contribution in [0.3, 0.4) is 0 Å². The maximum atomic E-state index is 12.1. The van der Waals surface area contributed by atoms with E-state index < -0.39 is 22.2 Å². The van der Waals surface area contributed by atoms with Crippen molar-refractivity contribution >= 4 is 33.3 Å². The van der Waals surface area contributed by atoms with E-state index >= 15 is 0 Å². The highest BCUT2D eigenvalue weighted by Crippen LogP contribution is 2.60. The molecule has 0 spiro atoms. The molecule has 1 aromatic carbocycles. The molecular weight excluding hydrogens is 579 g/mol. The summed E-state index contributed by atoms with van der Waals surface area (Å²) in [5, 5.41) is 17.9. The lowest BCUT2D eigenvalue weighted by Crippen LogP contribution is -2.23. The summed E-state index contributed by atoms with van der Waals surface area (Å²) in [4.78, 5) is 17.2. The maximum absolute atomic E-state index is 12.1. The second-order valence-corrected chi connectivity index (χ2v) is 26.3. The van der Waals surface area contributed by atoms with Gasteiger partial charge in [-0.2, -0.15) is 5.10 Å². The van der Waals surface area contributed by atoms with Crippen LogP contribution in [0.15, 0.2) is 12.1 Å². The summed E-state index contributed by atoms with van der Waals surface area (Å²) in [6.45, 7) is 18.3. The summed E-state index contributed by atoms with van der Waals surface area (Å²) in [5.74, 6) is 1.69. The van der Waals surface area contributed by atoms with Crippen molar-refractivity contribution in [2.45, 2.75) is 97.6 Å². The fourth-order valence-corrected chi connectivity index (χ4v) is 7.39. The van der Waals surface area contributed by atoms with Crippen molar-refractivity contribution in [3.63, 3.8) is 0 Å². The van der Waals surface area contributed by atoms with Crippen molar-refractivity contribution in [2.24, 2.45) is 11.3 Å². The number of carbonyl (C=O) groups is 1. The van der Waals surface area contributed by atoms with Crippen LogP contribution in [0.4, 0.5) is 4.79 Å². The molecule has 1 amide bonds. The first kappa shape index (κ1) is 31.9. The topological polar surface area (TPSA) is 113 Å². The lowest BCUT2D eigenvalue weighted by Gasteiger charge is -2.20. The van der Waals surface area contributed by atoms with Crippen LogP contribution >= 0.6 is 0 Å². The number of carbonyl (C=O) groups excluding carboxylic acids is 1. The standard InChI is InChI=1S/C31H49N5O5Si2/c1-31-16-22(31)14-24-26(17-31)36(20-40-10-12-43(6,7)8)34-28(24)29-33-27-21(18-37)13-23(41-30(38)32-2)15-25(27)35(29)19-39-9-11-42(3,4)5/h13,15,22,37H,9-12,14,16-20H2,1-8H3,(H,32,38)/t22-,31-/m1/s1. The molecule has 0 radical (unpaired) electrons. The number of aliphatic hydroxyl groups excluding tert-OH is 1. The van der Waals surface area contributed by atoms with Crippen molar-refractivity contribution in [1.29, 1.82) is 0 Å². The van der Waals surface area contributed by atoms with Crippen LogP contribution in [-0.4, -0.2) is 66.9 Å². The van der Waals surface area contributed by atoms with Gasteiger partial charge in [0, 0.05) is 59.3 Å². The average Bonchev–Trinajstić information content (AvgIpc) is 3.28. The SMILES string of the molecule is CNC(=O)Oc1cc(CO)c2nc(-c3nn(COCC[Si](C)(C)C)c4c3C[C@@H]3C[C@]3(C)C4)n(COCC[Si](C)(C)C)c2c1. The molecule has 43 heavy (non-hydrogen) atoms. The molecule has 2 aromatic heterocycles. The molecule has 5 rings (SSSR count). The molecule has 2 aliphatic rings. The van der Waals surface area contributed by atoms with Crippen LogP contribution in [0.5, 0.6) is 5.75 Å².